The number of hydrogen-bond acceptors (Lipinski definition) is 4. The first kappa shape index (κ1) is 14.8. The third kappa shape index (κ3) is 8.18. The van der Waals surface area contributed by atoms with Crippen LogP contribution < -0.4 is 10.2 Å². The molecule has 0 spiro atoms. The van der Waals surface area contributed by atoms with Crippen LogP contribution in [0, 0.1) is 0 Å². The van der Waals surface area contributed by atoms with Gasteiger partial charge in [-0.1, -0.05) is 6.07 Å². The first-order valence-electron chi connectivity index (χ1n) is 4.36. The van der Waals surface area contributed by atoms with E-state index in [9.17, 15) is 0 Å². The summed E-state index contributed by atoms with van der Waals surface area (Å²) >= 11 is 0. The summed E-state index contributed by atoms with van der Waals surface area (Å²) in [6.07, 6.45) is 0. The lowest BCUT2D eigenvalue weighted by atomic mass is 10.2. The SMILES string of the molecule is C[N+](C)(C)c1cccc(N)c1.O=S(=O)([O-])O. The van der Waals surface area contributed by atoms with E-state index in [-0.39, 0.29) is 0 Å². The molecular formula is C9H16N2O4S. The van der Waals surface area contributed by atoms with E-state index in [1.165, 1.54) is 5.69 Å². The minimum absolute atomic E-state index is 0.811. The monoisotopic (exact) mass is 248 g/mol. The Morgan fingerprint density at radius 1 is 1.31 bits per heavy atom. The van der Waals surface area contributed by atoms with Gasteiger partial charge in [0.05, 0.1) is 21.1 Å². The molecule has 3 N–H and O–H groups in total. The van der Waals surface area contributed by atoms with Crippen LogP contribution in [0.1, 0.15) is 0 Å². The second-order valence-electron chi connectivity index (χ2n) is 4.04. The van der Waals surface area contributed by atoms with E-state index in [1.807, 2.05) is 18.2 Å². The van der Waals surface area contributed by atoms with E-state index >= 15 is 0 Å². The van der Waals surface area contributed by atoms with Gasteiger partial charge in [0.25, 0.3) is 0 Å². The summed E-state index contributed by atoms with van der Waals surface area (Å²) < 4.78 is 33.6. The molecule has 0 heterocycles. The van der Waals surface area contributed by atoms with E-state index < -0.39 is 10.4 Å². The Balaban J connectivity index is 0.000000385. The van der Waals surface area contributed by atoms with Crippen LogP contribution in [0.25, 0.3) is 0 Å². The molecule has 0 amide bonds. The number of nitrogens with two attached hydrogens (primary N) is 1. The summed E-state index contributed by atoms with van der Waals surface area (Å²) in [6.45, 7) is 0. The van der Waals surface area contributed by atoms with Crippen LogP contribution >= 0.6 is 0 Å². The molecule has 1 rings (SSSR count). The maximum absolute atomic E-state index is 8.63. The molecular weight excluding hydrogens is 232 g/mol. The third-order valence-corrected chi connectivity index (χ3v) is 1.64. The van der Waals surface area contributed by atoms with E-state index in [0.29, 0.717) is 0 Å². The average molecular weight is 248 g/mol. The van der Waals surface area contributed by atoms with Crippen molar-refractivity contribution in [3.05, 3.63) is 24.3 Å². The lowest BCUT2D eigenvalue weighted by Crippen LogP contribution is -2.34. The fourth-order valence-electron chi connectivity index (χ4n) is 0.942. The number of nitrogens with zero attached hydrogens (tertiary/aromatic N) is 1. The van der Waals surface area contributed by atoms with Crippen LogP contribution in [0.4, 0.5) is 11.4 Å². The minimum Gasteiger partial charge on any atom is -0.726 e. The highest BCUT2D eigenvalue weighted by Gasteiger charge is 2.10. The topological polar surface area (TPSA) is 103 Å². The van der Waals surface area contributed by atoms with Crippen LogP contribution in [-0.4, -0.2) is 38.7 Å². The molecule has 0 atom stereocenters. The highest BCUT2D eigenvalue weighted by Crippen LogP contribution is 2.18. The van der Waals surface area contributed by atoms with Crippen molar-refractivity contribution in [1.82, 2.24) is 4.48 Å². The van der Waals surface area contributed by atoms with Crippen LogP contribution in [0.2, 0.25) is 0 Å². The van der Waals surface area contributed by atoms with Crippen LogP contribution in [0.5, 0.6) is 0 Å². The van der Waals surface area contributed by atoms with Gasteiger partial charge in [0.2, 0.25) is 10.4 Å². The average Bonchev–Trinajstić information content (AvgIpc) is 1.99. The Labute approximate surface area is 95.5 Å². The van der Waals surface area contributed by atoms with E-state index in [4.69, 9.17) is 23.3 Å². The molecule has 1 aromatic rings. The summed E-state index contributed by atoms with van der Waals surface area (Å²) in [7, 11) is 1.44. The van der Waals surface area contributed by atoms with Crippen LogP contribution in [-0.2, 0) is 10.4 Å². The molecule has 0 aliphatic rings. The van der Waals surface area contributed by atoms with Crippen molar-refractivity contribution >= 4 is 21.8 Å². The van der Waals surface area contributed by atoms with Crippen molar-refractivity contribution < 1.29 is 17.5 Å². The molecule has 0 saturated heterocycles. The Morgan fingerprint density at radius 3 is 2.00 bits per heavy atom. The van der Waals surface area contributed by atoms with E-state index in [0.717, 1.165) is 10.2 Å². The molecule has 0 radical (unpaired) electrons. The number of hydrogen-bond donors (Lipinski definition) is 2. The van der Waals surface area contributed by atoms with E-state index in [2.05, 4.69) is 27.2 Å². The highest BCUT2D eigenvalue weighted by atomic mass is 32.3. The standard InChI is InChI=1S/C9H15N2.H2O4S/c1-11(2,3)9-6-4-5-8(10)7-9;1-5(2,3)4/h4-7H,10H2,1-3H3;(H2,1,2,3,4)/q+1;/p-1. The number of rotatable bonds is 1. The number of anilines is 1. The van der Waals surface area contributed by atoms with Crippen molar-refractivity contribution in [3.8, 4) is 0 Å². The summed E-state index contributed by atoms with van der Waals surface area (Å²) in [4.78, 5) is 0. The number of quaternary nitrogens is 1. The second-order valence-corrected chi connectivity index (χ2v) is 4.89. The summed E-state index contributed by atoms with van der Waals surface area (Å²) in [5.41, 5.74) is 7.70. The van der Waals surface area contributed by atoms with Crippen molar-refractivity contribution in [2.45, 2.75) is 0 Å². The molecule has 92 valence electrons. The molecule has 0 aliphatic carbocycles. The van der Waals surface area contributed by atoms with Gasteiger partial charge in [0.1, 0.15) is 5.69 Å². The molecule has 0 bridgehead atoms. The number of nitrogen functional groups attached to an aromatic ring is 1. The quantitative estimate of drug-likeness (QED) is 0.325. The van der Waals surface area contributed by atoms with Crippen molar-refractivity contribution in [2.24, 2.45) is 0 Å². The highest BCUT2D eigenvalue weighted by molar-refractivity contribution is 7.79. The smallest absolute Gasteiger partial charge is 0.215 e. The molecule has 0 unspecified atom stereocenters. The maximum atomic E-state index is 8.63. The van der Waals surface area contributed by atoms with Crippen LogP contribution in [0.15, 0.2) is 24.3 Å². The summed E-state index contributed by atoms with van der Waals surface area (Å²) in [6, 6.07) is 7.96. The largest absolute Gasteiger partial charge is 0.726 e. The zero-order chi connectivity index (χ0) is 13.0. The van der Waals surface area contributed by atoms with Gasteiger partial charge in [0, 0.05) is 11.8 Å². The fourth-order valence-corrected chi connectivity index (χ4v) is 0.942. The Bertz CT molecular complexity index is 429. The lowest BCUT2D eigenvalue weighted by Gasteiger charge is -2.23. The van der Waals surface area contributed by atoms with Gasteiger partial charge in [0.15, 0.2) is 0 Å². The Morgan fingerprint density at radius 2 is 1.75 bits per heavy atom. The summed E-state index contributed by atoms with van der Waals surface area (Å²) in [5, 5.41) is 0. The fraction of sp³-hybridized carbons (Fsp3) is 0.333. The van der Waals surface area contributed by atoms with E-state index in [1.54, 1.807) is 0 Å². The van der Waals surface area contributed by atoms with Gasteiger partial charge in [-0.25, -0.2) is 8.42 Å². The predicted molar refractivity (Wildman–Crippen MR) is 62.7 cm³/mol. The zero-order valence-electron chi connectivity index (χ0n) is 9.41. The van der Waals surface area contributed by atoms with Gasteiger partial charge >= 0.3 is 0 Å². The van der Waals surface area contributed by atoms with Crippen molar-refractivity contribution in [2.75, 3.05) is 26.9 Å². The Kier molecular flexibility index (Phi) is 4.88. The molecule has 0 aliphatic heterocycles. The maximum Gasteiger partial charge on any atom is 0.215 e. The van der Waals surface area contributed by atoms with Gasteiger partial charge in [-0.15, -0.1) is 0 Å². The van der Waals surface area contributed by atoms with Gasteiger partial charge in [-0.05, 0) is 12.1 Å². The third-order valence-electron chi connectivity index (χ3n) is 1.64. The number of benzene rings is 1. The molecule has 1 aromatic carbocycles. The molecule has 16 heavy (non-hydrogen) atoms. The van der Waals surface area contributed by atoms with Gasteiger partial charge in [-0.2, -0.15) is 0 Å². The van der Waals surface area contributed by atoms with Crippen molar-refractivity contribution in [3.63, 3.8) is 0 Å². The normalized spacial score (nSPS) is 11.6. The van der Waals surface area contributed by atoms with Crippen molar-refractivity contribution in [1.29, 1.82) is 0 Å². The Hall–Kier alpha value is -1.15. The zero-order valence-corrected chi connectivity index (χ0v) is 10.2. The molecule has 0 fully saturated rings. The molecule has 6 nitrogen and oxygen atoms in total. The van der Waals surface area contributed by atoms with Gasteiger partial charge in [-0.3, -0.25) is 9.04 Å². The molecule has 7 heteroatoms. The van der Waals surface area contributed by atoms with Gasteiger partial charge < -0.3 is 10.3 Å². The molecule has 0 saturated carbocycles. The lowest BCUT2D eigenvalue weighted by molar-refractivity contribution is 0.366. The second kappa shape index (κ2) is 5.26. The summed E-state index contributed by atoms with van der Waals surface area (Å²) in [5.74, 6) is 0. The molecule has 0 aromatic heterocycles. The first-order chi connectivity index (χ1) is 7.00. The minimum atomic E-state index is -4.92. The first-order valence-corrected chi connectivity index (χ1v) is 5.72. The predicted octanol–water partition coefficient (Wildman–Crippen LogP) is 0.470. The van der Waals surface area contributed by atoms with Crippen LogP contribution in [0.3, 0.4) is 0 Å².